The van der Waals surface area contributed by atoms with Gasteiger partial charge in [-0.05, 0) is 32.8 Å². The van der Waals surface area contributed by atoms with Gasteiger partial charge in [-0.1, -0.05) is 30.3 Å². The minimum Gasteiger partial charge on any atom is -0.382 e. The van der Waals surface area contributed by atoms with Crippen molar-refractivity contribution in [1.82, 2.24) is 15.5 Å². The second-order valence-electron chi connectivity index (χ2n) is 5.57. The number of carbonyl (C=O) groups is 1. The third kappa shape index (κ3) is 10.6. The highest BCUT2D eigenvalue weighted by Gasteiger charge is 2.11. The number of nitrogens with one attached hydrogen (secondary N) is 2. The van der Waals surface area contributed by atoms with E-state index in [4.69, 9.17) is 4.74 Å². The fourth-order valence-electron chi connectivity index (χ4n) is 2.29. The van der Waals surface area contributed by atoms with Crippen molar-refractivity contribution in [2.75, 3.05) is 39.4 Å². The number of nitrogens with zero attached hydrogens (tertiary/aromatic N) is 2. The number of halogens is 1. The van der Waals surface area contributed by atoms with Gasteiger partial charge in [0.25, 0.3) is 0 Å². The van der Waals surface area contributed by atoms with E-state index in [-0.39, 0.29) is 36.4 Å². The number of hydrogen-bond acceptors (Lipinski definition) is 3. The predicted molar refractivity (Wildman–Crippen MR) is 118 cm³/mol. The summed E-state index contributed by atoms with van der Waals surface area (Å²) in [5.74, 6) is 0.695. The van der Waals surface area contributed by atoms with Gasteiger partial charge < -0.3 is 20.3 Å². The van der Waals surface area contributed by atoms with Crippen LogP contribution in [0.25, 0.3) is 0 Å². The second-order valence-corrected chi connectivity index (χ2v) is 5.57. The molecule has 1 rings (SSSR count). The van der Waals surface area contributed by atoms with Crippen LogP contribution in [0.2, 0.25) is 0 Å². The SMILES string of the molecule is CCNC(=NCC(=O)N(CC)Cc1ccccc1)NCCCOCC.I. The van der Waals surface area contributed by atoms with Crippen molar-refractivity contribution in [3.05, 3.63) is 35.9 Å². The third-order valence-electron chi connectivity index (χ3n) is 3.63. The number of aliphatic imine (C=N–C) groups is 1. The van der Waals surface area contributed by atoms with Crippen LogP contribution in [0.5, 0.6) is 0 Å². The number of hydrogen-bond donors (Lipinski definition) is 2. The maximum atomic E-state index is 12.4. The van der Waals surface area contributed by atoms with E-state index in [2.05, 4.69) is 15.6 Å². The Bertz CT molecular complexity index is 512. The van der Waals surface area contributed by atoms with E-state index in [9.17, 15) is 4.79 Å². The number of benzene rings is 1. The third-order valence-corrected chi connectivity index (χ3v) is 3.63. The molecule has 0 saturated heterocycles. The van der Waals surface area contributed by atoms with Crippen LogP contribution in [0.1, 0.15) is 32.8 Å². The van der Waals surface area contributed by atoms with Crippen LogP contribution in [0.4, 0.5) is 0 Å². The highest BCUT2D eigenvalue weighted by atomic mass is 127. The predicted octanol–water partition coefficient (Wildman–Crippen LogP) is 2.63. The molecule has 0 bridgehead atoms. The van der Waals surface area contributed by atoms with Gasteiger partial charge in [0.2, 0.25) is 5.91 Å². The van der Waals surface area contributed by atoms with Crippen LogP contribution in [0.15, 0.2) is 35.3 Å². The Kier molecular flexibility index (Phi) is 15.0. The van der Waals surface area contributed by atoms with Crippen LogP contribution in [-0.2, 0) is 16.1 Å². The van der Waals surface area contributed by atoms with Crippen LogP contribution in [0.3, 0.4) is 0 Å². The monoisotopic (exact) mass is 476 g/mol. The number of rotatable bonds is 11. The van der Waals surface area contributed by atoms with Gasteiger partial charge in [-0.15, -0.1) is 24.0 Å². The number of ether oxygens (including phenoxy) is 1. The molecule has 7 heteroatoms. The average Bonchev–Trinajstić information content (AvgIpc) is 2.64. The lowest BCUT2D eigenvalue weighted by Gasteiger charge is -2.20. The molecule has 0 fully saturated rings. The van der Waals surface area contributed by atoms with Gasteiger partial charge in [-0.25, -0.2) is 4.99 Å². The van der Waals surface area contributed by atoms with Crippen molar-refractivity contribution in [3.8, 4) is 0 Å². The molecule has 0 aliphatic rings. The van der Waals surface area contributed by atoms with E-state index in [0.29, 0.717) is 19.0 Å². The van der Waals surface area contributed by atoms with Crippen molar-refractivity contribution in [2.24, 2.45) is 4.99 Å². The Morgan fingerprint density at radius 1 is 1.15 bits per heavy atom. The molecule has 0 aliphatic heterocycles. The van der Waals surface area contributed by atoms with Gasteiger partial charge in [0, 0.05) is 39.4 Å². The average molecular weight is 476 g/mol. The van der Waals surface area contributed by atoms with E-state index in [1.54, 1.807) is 0 Å². The fraction of sp³-hybridized carbons (Fsp3) is 0.579. The number of likely N-dealkylation sites (N-methyl/N-ethyl adjacent to an activating group) is 1. The van der Waals surface area contributed by atoms with Crippen LogP contribution in [0, 0.1) is 0 Å². The summed E-state index contributed by atoms with van der Waals surface area (Å²) in [6.45, 7) is 10.4. The maximum absolute atomic E-state index is 12.4. The molecule has 0 heterocycles. The van der Waals surface area contributed by atoms with Gasteiger partial charge in [0.1, 0.15) is 6.54 Å². The molecule has 0 radical (unpaired) electrons. The Morgan fingerprint density at radius 2 is 1.88 bits per heavy atom. The number of amides is 1. The standard InChI is InChI=1S/C19H32N4O2.HI/c1-4-20-19(21-13-10-14-25-6-3)22-15-18(24)23(5-2)16-17-11-8-7-9-12-17;/h7-9,11-12H,4-6,10,13-16H2,1-3H3,(H2,20,21,22);1H. The summed E-state index contributed by atoms with van der Waals surface area (Å²) >= 11 is 0. The summed E-state index contributed by atoms with van der Waals surface area (Å²) in [7, 11) is 0. The van der Waals surface area contributed by atoms with Crippen molar-refractivity contribution in [3.63, 3.8) is 0 Å². The van der Waals surface area contributed by atoms with E-state index in [1.165, 1.54) is 0 Å². The molecular formula is C19H33IN4O2. The summed E-state index contributed by atoms with van der Waals surface area (Å²) in [5, 5.41) is 6.39. The van der Waals surface area contributed by atoms with E-state index in [0.717, 1.165) is 38.3 Å². The number of guanidine groups is 1. The normalized spacial score (nSPS) is 10.8. The van der Waals surface area contributed by atoms with Crippen molar-refractivity contribution < 1.29 is 9.53 Å². The first kappa shape index (κ1) is 24.7. The molecule has 2 N–H and O–H groups in total. The Hall–Kier alpha value is -1.35. The molecule has 0 saturated carbocycles. The lowest BCUT2D eigenvalue weighted by atomic mass is 10.2. The molecule has 0 aliphatic carbocycles. The fourth-order valence-corrected chi connectivity index (χ4v) is 2.29. The minimum absolute atomic E-state index is 0. The topological polar surface area (TPSA) is 66.0 Å². The number of carbonyl (C=O) groups excluding carboxylic acids is 1. The molecule has 1 amide bonds. The van der Waals surface area contributed by atoms with Gasteiger partial charge in [-0.2, -0.15) is 0 Å². The first-order valence-electron chi connectivity index (χ1n) is 9.12. The molecular weight excluding hydrogens is 443 g/mol. The minimum atomic E-state index is 0. The summed E-state index contributed by atoms with van der Waals surface area (Å²) in [6.07, 6.45) is 0.904. The molecule has 0 spiro atoms. The molecule has 1 aromatic rings. The van der Waals surface area contributed by atoms with Gasteiger partial charge in [0.05, 0.1) is 0 Å². The van der Waals surface area contributed by atoms with Crippen LogP contribution >= 0.6 is 24.0 Å². The molecule has 26 heavy (non-hydrogen) atoms. The molecule has 0 atom stereocenters. The summed E-state index contributed by atoms with van der Waals surface area (Å²) in [6, 6.07) is 10.0. The van der Waals surface area contributed by atoms with Crippen molar-refractivity contribution in [2.45, 2.75) is 33.7 Å². The van der Waals surface area contributed by atoms with Crippen LogP contribution in [-0.4, -0.2) is 56.2 Å². The van der Waals surface area contributed by atoms with Crippen molar-refractivity contribution >= 4 is 35.8 Å². The van der Waals surface area contributed by atoms with E-state index < -0.39 is 0 Å². The Morgan fingerprint density at radius 3 is 2.50 bits per heavy atom. The zero-order valence-corrected chi connectivity index (χ0v) is 18.5. The molecule has 0 unspecified atom stereocenters. The van der Waals surface area contributed by atoms with Crippen LogP contribution < -0.4 is 10.6 Å². The molecule has 1 aromatic carbocycles. The summed E-state index contributed by atoms with van der Waals surface area (Å²) in [4.78, 5) is 18.7. The highest BCUT2D eigenvalue weighted by molar-refractivity contribution is 14.0. The largest absolute Gasteiger partial charge is 0.382 e. The smallest absolute Gasteiger partial charge is 0.244 e. The molecule has 0 aromatic heterocycles. The van der Waals surface area contributed by atoms with Crippen molar-refractivity contribution in [1.29, 1.82) is 0 Å². The lowest BCUT2D eigenvalue weighted by molar-refractivity contribution is -0.130. The van der Waals surface area contributed by atoms with Gasteiger partial charge >= 0.3 is 0 Å². The maximum Gasteiger partial charge on any atom is 0.244 e. The molecule has 6 nitrogen and oxygen atoms in total. The lowest BCUT2D eigenvalue weighted by Crippen LogP contribution is -2.39. The highest BCUT2D eigenvalue weighted by Crippen LogP contribution is 2.04. The van der Waals surface area contributed by atoms with E-state index in [1.807, 2.05) is 56.0 Å². The zero-order chi connectivity index (χ0) is 18.3. The van der Waals surface area contributed by atoms with E-state index >= 15 is 0 Å². The first-order chi connectivity index (χ1) is 12.2. The summed E-state index contributed by atoms with van der Waals surface area (Å²) < 4.78 is 5.32. The Labute approximate surface area is 174 Å². The summed E-state index contributed by atoms with van der Waals surface area (Å²) in [5.41, 5.74) is 1.13. The first-order valence-corrected chi connectivity index (χ1v) is 9.12. The Balaban J connectivity index is 0.00000625. The second kappa shape index (κ2) is 15.9. The van der Waals surface area contributed by atoms with Gasteiger partial charge in [0.15, 0.2) is 5.96 Å². The molecule has 148 valence electrons. The quantitative estimate of drug-likeness (QED) is 0.223. The zero-order valence-electron chi connectivity index (χ0n) is 16.2. The van der Waals surface area contributed by atoms with Gasteiger partial charge in [-0.3, -0.25) is 4.79 Å².